The molecule has 4 atom stereocenters. The lowest BCUT2D eigenvalue weighted by atomic mass is 9.87. The van der Waals surface area contributed by atoms with E-state index in [4.69, 9.17) is 11.6 Å². The Morgan fingerprint density at radius 3 is 2.74 bits per heavy atom. The zero-order chi connectivity index (χ0) is 16.2. The largest absolute Gasteiger partial charge is 0.385 e. The first-order valence-corrected chi connectivity index (χ1v) is 8.45. The van der Waals surface area contributed by atoms with Gasteiger partial charge in [-0.25, -0.2) is 0 Å². The zero-order valence-electron chi connectivity index (χ0n) is 13.0. The Kier molecular flexibility index (Phi) is 3.39. The number of H-pyrrole nitrogens is 1. The molecule has 5 nitrogen and oxygen atoms in total. The number of halogens is 1. The summed E-state index contributed by atoms with van der Waals surface area (Å²) in [5.74, 6) is 0.913. The lowest BCUT2D eigenvalue weighted by Gasteiger charge is -2.26. The first-order chi connectivity index (χ1) is 10.9. The van der Waals surface area contributed by atoms with E-state index in [0.717, 1.165) is 29.3 Å². The van der Waals surface area contributed by atoms with Crippen LogP contribution in [0.25, 0.3) is 10.9 Å². The fourth-order valence-electron chi connectivity index (χ4n) is 4.69. The third-order valence-corrected chi connectivity index (χ3v) is 5.69. The lowest BCUT2D eigenvalue weighted by molar-refractivity contribution is -0.119. The second-order valence-corrected chi connectivity index (χ2v) is 7.55. The monoisotopic (exact) mass is 333 g/mol. The molecular formula is C17H20ClN3O2. The van der Waals surface area contributed by atoms with E-state index in [9.17, 15) is 9.90 Å². The molecule has 1 aromatic heterocycles. The Morgan fingerprint density at radius 2 is 2.09 bits per heavy atom. The molecule has 0 spiro atoms. The maximum absolute atomic E-state index is 11.3. The molecule has 0 saturated heterocycles. The van der Waals surface area contributed by atoms with Crippen LogP contribution in [0.1, 0.15) is 38.2 Å². The average molecular weight is 334 g/mol. The number of aromatic amines is 1. The number of benzene rings is 1. The smallest absolute Gasteiger partial charge is 0.217 e. The second kappa shape index (κ2) is 5.21. The normalized spacial score (nSPS) is 33.1. The Balaban J connectivity index is 1.62. The summed E-state index contributed by atoms with van der Waals surface area (Å²) in [4.78, 5) is 11.2. The van der Waals surface area contributed by atoms with Crippen molar-refractivity contribution in [1.82, 2.24) is 15.5 Å². The number of hydrogen-bond acceptors (Lipinski definition) is 3. The Labute approximate surface area is 139 Å². The van der Waals surface area contributed by atoms with E-state index in [0.29, 0.717) is 29.7 Å². The molecule has 0 bridgehead atoms. The van der Waals surface area contributed by atoms with Gasteiger partial charge in [-0.05, 0) is 55.2 Å². The summed E-state index contributed by atoms with van der Waals surface area (Å²) in [6.45, 7) is 1.56. The van der Waals surface area contributed by atoms with Crippen LogP contribution in [0.5, 0.6) is 0 Å². The van der Waals surface area contributed by atoms with Crippen molar-refractivity contribution in [2.45, 2.75) is 44.2 Å². The quantitative estimate of drug-likeness (QED) is 0.790. The van der Waals surface area contributed by atoms with E-state index in [1.54, 1.807) is 13.1 Å². The number of fused-ring (bicyclic) bond motifs is 2. The molecule has 6 heteroatoms. The van der Waals surface area contributed by atoms with E-state index in [-0.39, 0.29) is 11.9 Å². The summed E-state index contributed by atoms with van der Waals surface area (Å²) >= 11 is 6.22. The summed E-state index contributed by atoms with van der Waals surface area (Å²) in [7, 11) is 0. The minimum atomic E-state index is -0.858. The van der Waals surface area contributed by atoms with Gasteiger partial charge in [0, 0.05) is 23.4 Å². The third kappa shape index (κ3) is 2.52. The highest BCUT2D eigenvalue weighted by atomic mass is 35.5. The molecule has 4 rings (SSSR count). The molecule has 2 fully saturated rings. The van der Waals surface area contributed by atoms with E-state index in [1.807, 2.05) is 12.1 Å². The molecule has 2 aliphatic rings. The number of nitrogens with zero attached hydrogens (tertiary/aromatic N) is 1. The summed E-state index contributed by atoms with van der Waals surface area (Å²) < 4.78 is 0. The molecule has 0 aliphatic heterocycles. The number of aliphatic hydroxyl groups is 1. The minimum absolute atomic E-state index is 0.0279. The summed E-state index contributed by atoms with van der Waals surface area (Å²) in [5, 5.41) is 22.9. The first-order valence-electron chi connectivity index (χ1n) is 8.07. The summed E-state index contributed by atoms with van der Waals surface area (Å²) in [5.41, 5.74) is 0.872. The highest BCUT2D eigenvalue weighted by Crippen LogP contribution is 2.54. The van der Waals surface area contributed by atoms with Crippen LogP contribution in [0.3, 0.4) is 0 Å². The molecule has 2 saturated carbocycles. The summed E-state index contributed by atoms with van der Waals surface area (Å²) in [6.07, 6.45) is 5.08. The van der Waals surface area contributed by atoms with Crippen molar-refractivity contribution < 1.29 is 9.90 Å². The van der Waals surface area contributed by atoms with Gasteiger partial charge in [0.25, 0.3) is 0 Å². The van der Waals surface area contributed by atoms with Gasteiger partial charge < -0.3 is 10.4 Å². The highest BCUT2D eigenvalue weighted by Gasteiger charge is 2.50. The maximum atomic E-state index is 11.3. The van der Waals surface area contributed by atoms with Crippen LogP contribution in [0.2, 0.25) is 5.02 Å². The third-order valence-electron chi connectivity index (χ3n) is 5.47. The van der Waals surface area contributed by atoms with Crippen molar-refractivity contribution in [1.29, 1.82) is 0 Å². The van der Waals surface area contributed by atoms with Gasteiger partial charge in [-0.1, -0.05) is 11.6 Å². The van der Waals surface area contributed by atoms with Gasteiger partial charge in [-0.2, -0.15) is 5.10 Å². The highest BCUT2D eigenvalue weighted by molar-refractivity contribution is 6.31. The van der Waals surface area contributed by atoms with Crippen molar-refractivity contribution in [3.8, 4) is 0 Å². The molecule has 23 heavy (non-hydrogen) atoms. The van der Waals surface area contributed by atoms with Crippen LogP contribution in [0, 0.1) is 11.8 Å². The Hall–Kier alpha value is -1.59. The van der Waals surface area contributed by atoms with Crippen LogP contribution in [0.15, 0.2) is 18.3 Å². The fourth-order valence-corrected chi connectivity index (χ4v) is 4.91. The first kappa shape index (κ1) is 15.0. The predicted molar refractivity (Wildman–Crippen MR) is 88.1 cm³/mol. The van der Waals surface area contributed by atoms with Crippen LogP contribution in [-0.2, 0) is 10.4 Å². The van der Waals surface area contributed by atoms with Gasteiger partial charge >= 0.3 is 0 Å². The SMILES string of the molecule is CC(=O)NC1C[C@@H]2CC(O)(c3cc(Cl)cc4[nH]ncc34)C[C@@H]2C1. The Bertz CT molecular complexity index is 758. The molecule has 1 aromatic carbocycles. The topological polar surface area (TPSA) is 78.0 Å². The number of hydrogen-bond donors (Lipinski definition) is 3. The molecule has 2 unspecified atom stereocenters. The van der Waals surface area contributed by atoms with Crippen LogP contribution < -0.4 is 5.32 Å². The van der Waals surface area contributed by atoms with Crippen molar-refractivity contribution in [3.63, 3.8) is 0 Å². The van der Waals surface area contributed by atoms with Crippen molar-refractivity contribution in [2.24, 2.45) is 11.8 Å². The number of aromatic nitrogens is 2. The van der Waals surface area contributed by atoms with Gasteiger partial charge in [-0.15, -0.1) is 0 Å². The molecular weight excluding hydrogens is 314 g/mol. The maximum Gasteiger partial charge on any atom is 0.217 e. The lowest BCUT2D eigenvalue weighted by Crippen LogP contribution is -2.32. The molecule has 0 radical (unpaired) electrons. The molecule has 2 aromatic rings. The fraction of sp³-hybridized carbons (Fsp3) is 0.529. The number of amides is 1. The number of nitrogens with one attached hydrogen (secondary N) is 2. The van der Waals surface area contributed by atoms with E-state index < -0.39 is 5.60 Å². The summed E-state index contributed by atoms with van der Waals surface area (Å²) in [6, 6.07) is 3.95. The Morgan fingerprint density at radius 1 is 1.39 bits per heavy atom. The molecule has 2 aliphatic carbocycles. The predicted octanol–water partition coefficient (Wildman–Crippen LogP) is 2.73. The van der Waals surface area contributed by atoms with Gasteiger partial charge in [0.1, 0.15) is 0 Å². The number of carbonyl (C=O) groups excluding carboxylic acids is 1. The van der Waals surface area contributed by atoms with Gasteiger partial charge in [-0.3, -0.25) is 9.89 Å². The van der Waals surface area contributed by atoms with E-state index in [2.05, 4.69) is 15.5 Å². The van der Waals surface area contributed by atoms with Crippen molar-refractivity contribution in [3.05, 3.63) is 28.9 Å². The number of rotatable bonds is 2. The van der Waals surface area contributed by atoms with Gasteiger partial charge in [0.15, 0.2) is 0 Å². The minimum Gasteiger partial charge on any atom is -0.385 e. The van der Waals surface area contributed by atoms with Gasteiger partial charge in [0.05, 0.1) is 17.3 Å². The van der Waals surface area contributed by atoms with Crippen LogP contribution >= 0.6 is 11.6 Å². The molecule has 3 N–H and O–H groups in total. The molecule has 1 amide bonds. The van der Waals surface area contributed by atoms with Crippen molar-refractivity contribution in [2.75, 3.05) is 0 Å². The average Bonchev–Trinajstić information content (AvgIpc) is 3.10. The van der Waals surface area contributed by atoms with Crippen molar-refractivity contribution >= 4 is 28.4 Å². The van der Waals surface area contributed by atoms with Crippen LogP contribution in [-0.4, -0.2) is 27.3 Å². The van der Waals surface area contributed by atoms with Gasteiger partial charge in [0.2, 0.25) is 5.91 Å². The molecule has 1 heterocycles. The molecule has 122 valence electrons. The van der Waals surface area contributed by atoms with E-state index in [1.165, 1.54) is 0 Å². The second-order valence-electron chi connectivity index (χ2n) is 7.11. The van der Waals surface area contributed by atoms with E-state index >= 15 is 0 Å². The zero-order valence-corrected chi connectivity index (χ0v) is 13.7. The van der Waals surface area contributed by atoms with Crippen LogP contribution in [0.4, 0.5) is 0 Å². The number of carbonyl (C=O) groups is 1. The standard InChI is InChI=1S/C17H20ClN3O2/c1-9(22)20-13-2-10-6-17(23,7-11(10)3-13)15-4-12(18)5-16-14(15)8-19-21-16/h4-5,8,10-11,13,23H,2-3,6-7H2,1H3,(H,19,21)(H,20,22)/t10-,11+,13?,17?.